The molecule has 0 aliphatic carbocycles. The second-order valence-electron chi connectivity index (χ2n) is 3.77. The van der Waals surface area contributed by atoms with E-state index < -0.39 is 0 Å². The first-order valence-corrected chi connectivity index (χ1v) is 6.72. The highest BCUT2D eigenvalue weighted by molar-refractivity contribution is 7.80. The molecule has 0 atom stereocenters. The van der Waals surface area contributed by atoms with Crippen LogP contribution in [0.3, 0.4) is 0 Å². The number of halogens is 1. The van der Waals surface area contributed by atoms with Crippen molar-refractivity contribution in [2.24, 2.45) is 4.99 Å². The molecule has 0 fully saturated rings. The molecule has 1 rings (SSSR count). The van der Waals surface area contributed by atoms with Gasteiger partial charge >= 0.3 is 0 Å². The summed E-state index contributed by atoms with van der Waals surface area (Å²) in [5.74, 6) is 0.923. The van der Waals surface area contributed by atoms with Crippen LogP contribution in [0.2, 0.25) is 5.02 Å². The van der Waals surface area contributed by atoms with Gasteiger partial charge in [-0.05, 0) is 57.3 Å². The van der Waals surface area contributed by atoms with Crippen LogP contribution in [-0.4, -0.2) is 28.9 Å². The third kappa shape index (κ3) is 4.63. The molecule has 5 heteroatoms. The van der Waals surface area contributed by atoms with E-state index in [1.54, 1.807) is 0 Å². The lowest BCUT2D eigenvalue weighted by Gasteiger charge is -2.20. The van der Waals surface area contributed by atoms with Crippen LogP contribution in [0.1, 0.15) is 20.8 Å². The maximum absolute atomic E-state index is 5.82. The minimum atomic E-state index is 0.460. The van der Waals surface area contributed by atoms with Crippen LogP contribution < -0.4 is 5.32 Å². The van der Waals surface area contributed by atoms with Crippen LogP contribution >= 0.6 is 23.8 Å². The molecule has 1 aromatic rings. The van der Waals surface area contributed by atoms with Gasteiger partial charge in [-0.1, -0.05) is 11.6 Å². The number of aliphatic imine (C=N–C) groups is 1. The maximum Gasteiger partial charge on any atom is 0.198 e. The number of benzene rings is 1. The van der Waals surface area contributed by atoms with Crippen LogP contribution in [0.25, 0.3) is 0 Å². The number of amidine groups is 1. The SMILES string of the molecule is CCN(CC)C(C)=NC(=S)Nc1ccc(Cl)cc1. The molecular weight excluding hydrogens is 266 g/mol. The Morgan fingerprint density at radius 3 is 2.33 bits per heavy atom. The number of nitrogens with one attached hydrogen (secondary N) is 1. The Morgan fingerprint density at radius 1 is 1.28 bits per heavy atom. The number of hydrogen-bond donors (Lipinski definition) is 1. The van der Waals surface area contributed by atoms with Gasteiger partial charge in [-0.25, -0.2) is 4.99 Å². The molecule has 98 valence electrons. The van der Waals surface area contributed by atoms with E-state index in [1.807, 2.05) is 31.2 Å². The Hall–Kier alpha value is -1.13. The largest absolute Gasteiger partial charge is 0.361 e. The van der Waals surface area contributed by atoms with Gasteiger partial charge in [0.15, 0.2) is 5.11 Å². The van der Waals surface area contributed by atoms with E-state index in [9.17, 15) is 0 Å². The number of rotatable bonds is 3. The van der Waals surface area contributed by atoms with Crippen LogP contribution in [0.5, 0.6) is 0 Å². The van der Waals surface area contributed by atoms with Crippen molar-refractivity contribution in [3.05, 3.63) is 29.3 Å². The van der Waals surface area contributed by atoms with Crippen molar-refractivity contribution in [2.75, 3.05) is 18.4 Å². The van der Waals surface area contributed by atoms with Gasteiger partial charge < -0.3 is 10.2 Å². The smallest absolute Gasteiger partial charge is 0.198 e. The van der Waals surface area contributed by atoms with Gasteiger partial charge in [0.2, 0.25) is 0 Å². The summed E-state index contributed by atoms with van der Waals surface area (Å²) in [5, 5.41) is 4.22. The second kappa shape index (κ2) is 7.34. The van der Waals surface area contributed by atoms with Crippen molar-refractivity contribution in [2.45, 2.75) is 20.8 Å². The molecule has 0 amide bonds. The molecule has 18 heavy (non-hydrogen) atoms. The van der Waals surface area contributed by atoms with Crippen molar-refractivity contribution >= 4 is 40.5 Å². The van der Waals surface area contributed by atoms with E-state index in [0.717, 1.165) is 24.6 Å². The Kier molecular flexibility index (Phi) is 6.09. The van der Waals surface area contributed by atoms with Crippen molar-refractivity contribution in [1.29, 1.82) is 0 Å². The summed E-state index contributed by atoms with van der Waals surface area (Å²) in [7, 11) is 0. The first kappa shape index (κ1) is 14.9. The predicted molar refractivity (Wildman–Crippen MR) is 83.7 cm³/mol. The summed E-state index contributed by atoms with van der Waals surface area (Å²) in [6, 6.07) is 7.37. The van der Waals surface area contributed by atoms with Gasteiger partial charge in [-0.2, -0.15) is 0 Å². The van der Waals surface area contributed by atoms with E-state index in [2.05, 4.69) is 29.1 Å². The summed E-state index contributed by atoms with van der Waals surface area (Å²) >= 11 is 11.0. The molecule has 0 aromatic heterocycles. The molecule has 1 N–H and O–H groups in total. The van der Waals surface area contributed by atoms with E-state index in [0.29, 0.717) is 10.1 Å². The number of anilines is 1. The lowest BCUT2D eigenvalue weighted by Crippen LogP contribution is -2.29. The molecule has 1 aromatic carbocycles. The third-order valence-corrected chi connectivity index (χ3v) is 3.03. The normalized spacial score (nSPS) is 11.2. The van der Waals surface area contributed by atoms with E-state index in [1.165, 1.54) is 0 Å². The molecule has 3 nitrogen and oxygen atoms in total. The van der Waals surface area contributed by atoms with Crippen molar-refractivity contribution in [3.8, 4) is 0 Å². The fourth-order valence-electron chi connectivity index (χ4n) is 1.58. The molecule has 0 radical (unpaired) electrons. The third-order valence-electron chi connectivity index (χ3n) is 2.58. The highest BCUT2D eigenvalue weighted by Gasteiger charge is 2.03. The van der Waals surface area contributed by atoms with Crippen molar-refractivity contribution in [1.82, 2.24) is 4.90 Å². The number of thiocarbonyl (C=S) groups is 1. The summed E-state index contributed by atoms with van der Waals surface area (Å²) in [6.45, 7) is 8.00. The molecule has 0 heterocycles. The average molecular weight is 284 g/mol. The Labute approximate surface area is 119 Å². The van der Waals surface area contributed by atoms with Gasteiger partial charge in [0.05, 0.1) is 0 Å². The lowest BCUT2D eigenvalue weighted by molar-refractivity contribution is 0.463. The molecule has 0 saturated carbocycles. The summed E-state index contributed by atoms with van der Waals surface area (Å²) in [6.07, 6.45) is 0. The quantitative estimate of drug-likeness (QED) is 0.519. The minimum Gasteiger partial charge on any atom is -0.361 e. The maximum atomic E-state index is 5.82. The molecule has 0 bridgehead atoms. The van der Waals surface area contributed by atoms with Crippen molar-refractivity contribution < 1.29 is 0 Å². The monoisotopic (exact) mass is 283 g/mol. The van der Waals surface area contributed by atoms with E-state index in [4.69, 9.17) is 23.8 Å². The first-order chi connectivity index (χ1) is 8.56. The van der Waals surface area contributed by atoms with E-state index >= 15 is 0 Å². The topological polar surface area (TPSA) is 27.6 Å². The zero-order chi connectivity index (χ0) is 13.5. The van der Waals surface area contributed by atoms with Gasteiger partial charge in [-0.15, -0.1) is 0 Å². The highest BCUT2D eigenvalue weighted by Crippen LogP contribution is 2.13. The van der Waals surface area contributed by atoms with Crippen LogP contribution in [-0.2, 0) is 0 Å². The molecule has 0 aliphatic heterocycles. The van der Waals surface area contributed by atoms with Gasteiger partial charge in [-0.3, -0.25) is 0 Å². The zero-order valence-corrected chi connectivity index (χ0v) is 12.5. The van der Waals surface area contributed by atoms with Crippen LogP contribution in [0.15, 0.2) is 29.3 Å². The Balaban J connectivity index is 2.66. The molecular formula is C13H18ClN3S. The van der Waals surface area contributed by atoms with Crippen molar-refractivity contribution in [3.63, 3.8) is 0 Å². The molecule has 0 saturated heterocycles. The van der Waals surface area contributed by atoms with Crippen LogP contribution in [0.4, 0.5) is 5.69 Å². The fourth-order valence-corrected chi connectivity index (χ4v) is 1.96. The molecule has 0 aliphatic rings. The summed E-state index contributed by atoms with van der Waals surface area (Å²) in [5.41, 5.74) is 0.889. The standard InChI is InChI=1S/C13H18ClN3S/c1-4-17(5-2)10(3)15-13(18)16-12-8-6-11(14)7-9-12/h6-9H,4-5H2,1-3H3,(H,16,18). The zero-order valence-electron chi connectivity index (χ0n) is 10.9. The fraction of sp³-hybridized carbons (Fsp3) is 0.385. The average Bonchev–Trinajstić information content (AvgIpc) is 2.33. The summed E-state index contributed by atoms with van der Waals surface area (Å²) < 4.78 is 0. The van der Waals surface area contributed by atoms with Crippen LogP contribution in [0, 0.1) is 0 Å². The predicted octanol–water partition coefficient (Wildman–Crippen LogP) is 3.80. The van der Waals surface area contributed by atoms with Gasteiger partial charge in [0.1, 0.15) is 5.84 Å². The molecule has 0 unspecified atom stereocenters. The van der Waals surface area contributed by atoms with E-state index in [-0.39, 0.29) is 0 Å². The Morgan fingerprint density at radius 2 is 1.83 bits per heavy atom. The first-order valence-electron chi connectivity index (χ1n) is 5.93. The second-order valence-corrected chi connectivity index (χ2v) is 4.59. The van der Waals surface area contributed by atoms with Gasteiger partial charge in [0, 0.05) is 23.8 Å². The lowest BCUT2D eigenvalue weighted by atomic mass is 10.3. The minimum absolute atomic E-state index is 0.460. The number of nitrogens with zero attached hydrogens (tertiary/aromatic N) is 2. The molecule has 0 spiro atoms. The Bertz CT molecular complexity index is 424. The summed E-state index contributed by atoms with van der Waals surface area (Å²) in [4.78, 5) is 6.52. The van der Waals surface area contributed by atoms with Gasteiger partial charge in [0.25, 0.3) is 0 Å². The highest BCUT2D eigenvalue weighted by atomic mass is 35.5. The number of hydrogen-bond acceptors (Lipinski definition) is 1.